The number of aromatic nitrogens is 4. The van der Waals surface area contributed by atoms with E-state index in [-0.39, 0.29) is 30.9 Å². The molecule has 0 aliphatic carbocycles. The molecule has 0 N–H and O–H groups in total. The van der Waals surface area contributed by atoms with Gasteiger partial charge < -0.3 is 13.8 Å². The average Bonchev–Trinajstić information content (AvgIpc) is 3.65. The molecular weight excluding hydrogens is 769 g/mol. The van der Waals surface area contributed by atoms with E-state index in [2.05, 4.69) is 138 Å². The number of para-hydroxylation sites is 2. The average molecular weight is 809 g/mol. The first-order valence-electron chi connectivity index (χ1n) is 16.2. The minimum atomic E-state index is -0.177. The van der Waals surface area contributed by atoms with Gasteiger partial charge in [-0.25, -0.2) is 0 Å². The largest absolute Gasteiger partial charge is 0.460 e. The fourth-order valence-electron chi connectivity index (χ4n) is 5.96. The number of fused-ring (bicyclic) bond motifs is 10. The molecule has 4 aromatic heterocycles. The SMILES string of the molecule is CC(C)(C)c1ccc2c(c1)c1c([c-]cc3nc(C(C)(C)C)oc31)c1nc3ccccc3n21.Cc1c[c-]c(-c2cc(C)c(C)cn2)cc1.[Ir]. The zero-order valence-electron chi connectivity index (χ0n) is 29.0. The maximum Gasteiger partial charge on any atom is 0.189 e. The Bertz CT molecular complexity index is 2460. The van der Waals surface area contributed by atoms with Crippen LogP contribution in [0.1, 0.15) is 69.7 Å². The number of aryl methyl sites for hydroxylation is 3. The van der Waals surface area contributed by atoms with Crippen molar-refractivity contribution in [1.29, 1.82) is 0 Å². The van der Waals surface area contributed by atoms with E-state index in [1.54, 1.807) is 0 Å². The van der Waals surface area contributed by atoms with Crippen LogP contribution in [0, 0.1) is 32.9 Å². The molecule has 8 aromatic rings. The molecule has 0 aliphatic heterocycles. The monoisotopic (exact) mass is 809 g/mol. The summed E-state index contributed by atoms with van der Waals surface area (Å²) in [7, 11) is 0. The summed E-state index contributed by atoms with van der Waals surface area (Å²) >= 11 is 0. The third kappa shape index (κ3) is 5.93. The number of hydrogen-bond acceptors (Lipinski definition) is 4. The van der Waals surface area contributed by atoms with Crippen molar-refractivity contribution in [3.63, 3.8) is 0 Å². The molecule has 4 aromatic carbocycles. The Kier molecular flexibility index (Phi) is 8.56. The van der Waals surface area contributed by atoms with Gasteiger partial charge in [0.05, 0.1) is 22.3 Å². The summed E-state index contributed by atoms with van der Waals surface area (Å²) in [4.78, 5) is 14.2. The van der Waals surface area contributed by atoms with Crippen LogP contribution in [0.15, 0.2) is 83.4 Å². The molecule has 0 saturated heterocycles. The number of oxazole rings is 1. The third-order valence-electron chi connectivity index (χ3n) is 8.90. The number of rotatable bonds is 1. The molecule has 0 spiro atoms. The van der Waals surface area contributed by atoms with E-state index in [0.717, 1.165) is 66.6 Å². The molecule has 4 heterocycles. The summed E-state index contributed by atoms with van der Waals surface area (Å²) in [6.45, 7) is 19.4. The second-order valence-electron chi connectivity index (χ2n) is 14.7. The predicted molar refractivity (Wildman–Crippen MR) is 194 cm³/mol. The molecule has 245 valence electrons. The quantitative estimate of drug-likeness (QED) is 0.122. The molecular formula is C42H40IrN4O-2. The van der Waals surface area contributed by atoms with E-state index in [4.69, 9.17) is 14.4 Å². The van der Waals surface area contributed by atoms with Crippen molar-refractivity contribution in [2.24, 2.45) is 0 Å². The zero-order chi connectivity index (χ0) is 33.2. The smallest absolute Gasteiger partial charge is 0.189 e. The summed E-state index contributed by atoms with van der Waals surface area (Å²) in [5.41, 5.74) is 12.6. The van der Waals surface area contributed by atoms with Gasteiger partial charge in [0.25, 0.3) is 0 Å². The van der Waals surface area contributed by atoms with Crippen molar-refractivity contribution in [2.75, 3.05) is 0 Å². The van der Waals surface area contributed by atoms with Crippen molar-refractivity contribution >= 4 is 49.5 Å². The maximum atomic E-state index is 6.43. The molecule has 0 saturated carbocycles. The Morgan fingerprint density at radius 2 is 1.50 bits per heavy atom. The molecule has 5 nitrogen and oxygen atoms in total. The number of imidazole rings is 1. The molecule has 48 heavy (non-hydrogen) atoms. The van der Waals surface area contributed by atoms with Crippen molar-refractivity contribution < 1.29 is 24.5 Å². The molecule has 8 rings (SSSR count). The Morgan fingerprint density at radius 1 is 0.729 bits per heavy atom. The van der Waals surface area contributed by atoms with Gasteiger partial charge in [-0.15, -0.1) is 47.5 Å². The van der Waals surface area contributed by atoms with E-state index >= 15 is 0 Å². The molecule has 6 heteroatoms. The van der Waals surface area contributed by atoms with Crippen LogP contribution in [0.25, 0.3) is 60.7 Å². The van der Waals surface area contributed by atoms with Crippen LogP contribution in [-0.4, -0.2) is 19.4 Å². The van der Waals surface area contributed by atoms with E-state index < -0.39 is 0 Å². The number of nitrogens with zero attached hydrogens (tertiary/aromatic N) is 4. The van der Waals surface area contributed by atoms with Gasteiger partial charge >= 0.3 is 0 Å². The minimum absolute atomic E-state index is 0. The molecule has 0 bridgehead atoms. The van der Waals surface area contributed by atoms with Crippen LogP contribution >= 0.6 is 0 Å². The predicted octanol–water partition coefficient (Wildman–Crippen LogP) is 10.8. The van der Waals surface area contributed by atoms with Crippen LogP contribution in [0.3, 0.4) is 0 Å². The van der Waals surface area contributed by atoms with Crippen LogP contribution in [0.2, 0.25) is 0 Å². The van der Waals surface area contributed by atoms with Gasteiger partial charge in [0.2, 0.25) is 0 Å². The van der Waals surface area contributed by atoms with Gasteiger partial charge in [-0.05, 0) is 59.7 Å². The molecule has 1 radical (unpaired) electrons. The van der Waals surface area contributed by atoms with Crippen LogP contribution in [0.4, 0.5) is 0 Å². The summed E-state index contributed by atoms with van der Waals surface area (Å²) in [5.74, 6) is 0.738. The molecule has 0 unspecified atom stereocenters. The van der Waals surface area contributed by atoms with Crippen LogP contribution in [-0.2, 0) is 30.9 Å². The fraction of sp³-hybridized carbons (Fsp3) is 0.262. The van der Waals surface area contributed by atoms with E-state index in [9.17, 15) is 0 Å². The van der Waals surface area contributed by atoms with Crippen molar-refractivity contribution in [2.45, 2.75) is 73.1 Å². The topological polar surface area (TPSA) is 56.2 Å². The maximum absolute atomic E-state index is 6.43. The summed E-state index contributed by atoms with van der Waals surface area (Å²) in [6, 6.07) is 32.0. The van der Waals surface area contributed by atoms with Crippen LogP contribution < -0.4 is 0 Å². The standard InChI is InChI=1S/C28H26N3O.C14H14N.Ir/c1-27(2,3)16-11-14-21-18(15-16)23-17(25-29-19-9-7-8-10-22(19)31(21)25)12-13-20-24(23)32-26(30-20)28(4,5)6;1-10-4-6-13(7-5-10)14-8-11(2)12(3)9-15-14;/h7-11,13-15H,1-6H3;4-6,8-9H,1-3H3;/q2*-1;. The van der Waals surface area contributed by atoms with Gasteiger partial charge in [0, 0.05) is 42.8 Å². The normalized spacial score (nSPS) is 12.1. The minimum Gasteiger partial charge on any atom is -0.460 e. The molecule has 0 fully saturated rings. The Morgan fingerprint density at radius 3 is 2.19 bits per heavy atom. The molecule has 0 amide bonds. The van der Waals surface area contributed by atoms with Crippen molar-refractivity contribution in [3.05, 3.63) is 119 Å². The number of hydrogen-bond donors (Lipinski definition) is 0. The summed E-state index contributed by atoms with van der Waals surface area (Å²) < 4.78 is 8.69. The second kappa shape index (κ2) is 12.3. The summed E-state index contributed by atoms with van der Waals surface area (Å²) in [6.07, 6.45) is 1.92. The van der Waals surface area contributed by atoms with Gasteiger partial charge in [-0.2, -0.15) is 0 Å². The molecule has 0 aliphatic rings. The van der Waals surface area contributed by atoms with Crippen LogP contribution in [0.5, 0.6) is 0 Å². The van der Waals surface area contributed by atoms with Gasteiger partial charge in [-0.1, -0.05) is 95.1 Å². The first-order chi connectivity index (χ1) is 22.3. The number of benzene rings is 4. The zero-order valence-corrected chi connectivity index (χ0v) is 31.4. The second-order valence-corrected chi connectivity index (χ2v) is 14.7. The van der Waals surface area contributed by atoms with E-state index in [1.807, 2.05) is 24.4 Å². The van der Waals surface area contributed by atoms with E-state index in [0.29, 0.717) is 0 Å². The number of pyridine rings is 2. The van der Waals surface area contributed by atoms with E-state index in [1.165, 1.54) is 22.3 Å². The Hall–Kier alpha value is -4.38. The summed E-state index contributed by atoms with van der Waals surface area (Å²) in [5, 5.41) is 3.14. The van der Waals surface area contributed by atoms with Gasteiger partial charge in [-0.3, -0.25) is 9.97 Å². The van der Waals surface area contributed by atoms with Crippen molar-refractivity contribution in [3.8, 4) is 11.3 Å². The van der Waals surface area contributed by atoms with Gasteiger partial charge in [0.15, 0.2) is 5.89 Å². The molecule has 0 atom stereocenters. The van der Waals surface area contributed by atoms with Gasteiger partial charge in [0.1, 0.15) is 0 Å². The third-order valence-corrected chi connectivity index (χ3v) is 8.90. The van der Waals surface area contributed by atoms with Crippen molar-refractivity contribution in [1.82, 2.24) is 19.4 Å². The fourth-order valence-corrected chi connectivity index (χ4v) is 5.96. The Balaban J connectivity index is 0.000000212. The first kappa shape index (κ1) is 33.5. The Labute approximate surface area is 295 Å². The first-order valence-corrected chi connectivity index (χ1v) is 16.2.